The molecule has 2 aliphatic heterocycles. The molecule has 1 aromatic rings. The minimum atomic E-state index is -1.05. The van der Waals surface area contributed by atoms with Gasteiger partial charge in [0.25, 0.3) is 5.91 Å². The highest BCUT2D eigenvalue weighted by Crippen LogP contribution is 2.18. The fraction of sp³-hybridized carbons (Fsp3) is 0. The number of ketones is 1. The monoisotopic (exact) mass is 213 g/mol. The van der Waals surface area contributed by atoms with Crippen LogP contribution in [-0.4, -0.2) is 11.7 Å². The van der Waals surface area contributed by atoms with Gasteiger partial charge in [-0.05, 0) is 12.1 Å². The third-order valence-electron chi connectivity index (χ3n) is 2.57. The maximum atomic E-state index is 11.6. The maximum Gasteiger partial charge on any atom is 0.288 e. The standard InChI is InChI=1S/C11H5N2O3/c14-9-5-6-1-2-8-7(3-4-12-8)10(6)13(16)11(9)15/h1-5H/q-1. The topological polar surface area (TPSA) is 72.8 Å². The Bertz CT molecular complexity index is 673. The van der Waals surface area contributed by atoms with Crippen molar-refractivity contribution in [2.24, 2.45) is 4.99 Å². The van der Waals surface area contributed by atoms with Crippen molar-refractivity contribution in [3.8, 4) is 0 Å². The molecule has 2 heterocycles. The predicted octanol–water partition coefficient (Wildman–Crippen LogP) is -0.516. The minimum absolute atomic E-state index is 0.141. The summed E-state index contributed by atoms with van der Waals surface area (Å²) in [5.41, 5.74) is 0.796. The molecule has 0 atom stereocenters. The van der Waals surface area contributed by atoms with Crippen molar-refractivity contribution < 1.29 is 9.59 Å². The van der Waals surface area contributed by atoms with Gasteiger partial charge in [0.15, 0.2) is 0 Å². The number of carbonyl (C=O) groups is 2. The van der Waals surface area contributed by atoms with Crippen LogP contribution in [0.1, 0.15) is 5.56 Å². The molecule has 0 N–H and O–H groups in total. The predicted molar refractivity (Wildman–Crippen MR) is 56.6 cm³/mol. The Morgan fingerprint density at radius 1 is 1.25 bits per heavy atom. The van der Waals surface area contributed by atoms with Crippen LogP contribution in [0.3, 0.4) is 0 Å². The molecule has 0 saturated carbocycles. The normalized spacial score (nSPS) is 16.7. The Kier molecular flexibility index (Phi) is 1.61. The SMILES string of the molecule is O=C1C=c2ccc3c(c2N([O-])C1=O)C=CN=3. The lowest BCUT2D eigenvalue weighted by atomic mass is 10.1. The van der Waals surface area contributed by atoms with Gasteiger partial charge in [-0.2, -0.15) is 0 Å². The first-order chi connectivity index (χ1) is 7.68. The van der Waals surface area contributed by atoms with Gasteiger partial charge >= 0.3 is 0 Å². The third-order valence-corrected chi connectivity index (χ3v) is 2.57. The van der Waals surface area contributed by atoms with Crippen LogP contribution >= 0.6 is 0 Å². The first-order valence-electron chi connectivity index (χ1n) is 4.63. The lowest BCUT2D eigenvalue weighted by Gasteiger charge is -2.31. The molecule has 1 aromatic carbocycles. The van der Waals surface area contributed by atoms with Crippen LogP contribution in [0.15, 0.2) is 23.3 Å². The van der Waals surface area contributed by atoms with Crippen molar-refractivity contribution >= 4 is 29.5 Å². The molecule has 0 fully saturated rings. The largest absolute Gasteiger partial charge is 0.751 e. The van der Waals surface area contributed by atoms with Crippen LogP contribution in [0, 0.1) is 5.21 Å². The summed E-state index contributed by atoms with van der Waals surface area (Å²) in [6, 6.07) is 3.32. The molecule has 5 nitrogen and oxygen atoms in total. The third kappa shape index (κ3) is 1.00. The summed E-state index contributed by atoms with van der Waals surface area (Å²) in [5, 5.41) is 12.9. The van der Waals surface area contributed by atoms with Gasteiger partial charge in [0.05, 0.1) is 5.36 Å². The van der Waals surface area contributed by atoms with Crippen LogP contribution in [0.4, 0.5) is 5.69 Å². The van der Waals surface area contributed by atoms with Crippen LogP contribution in [0.5, 0.6) is 0 Å². The number of hydroxylamine groups is 1. The number of nitrogens with zero attached hydrogens (tertiary/aromatic N) is 2. The molecule has 0 aliphatic carbocycles. The van der Waals surface area contributed by atoms with E-state index in [4.69, 9.17) is 0 Å². The van der Waals surface area contributed by atoms with E-state index in [2.05, 4.69) is 4.99 Å². The highest BCUT2D eigenvalue weighted by atomic mass is 16.5. The first-order valence-corrected chi connectivity index (χ1v) is 4.63. The van der Waals surface area contributed by atoms with E-state index in [0.717, 1.165) is 0 Å². The lowest BCUT2D eigenvalue weighted by Crippen LogP contribution is -2.40. The van der Waals surface area contributed by atoms with Crippen LogP contribution in [0.2, 0.25) is 0 Å². The zero-order valence-electron chi connectivity index (χ0n) is 8.01. The quantitative estimate of drug-likeness (QED) is 0.544. The van der Waals surface area contributed by atoms with E-state index in [-0.39, 0.29) is 10.8 Å². The van der Waals surface area contributed by atoms with Gasteiger partial charge in [-0.25, -0.2) is 0 Å². The molecule has 0 aromatic heterocycles. The number of hydrogen-bond donors (Lipinski definition) is 0. The van der Waals surface area contributed by atoms with Crippen molar-refractivity contribution in [3.05, 3.63) is 39.7 Å². The summed E-state index contributed by atoms with van der Waals surface area (Å²) in [7, 11) is 0. The van der Waals surface area contributed by atoms with E-state index in [0.29, 0.717) is 16.1 Å². The molecule has 0 bridgehead atoms. The number of fused-ring (bicyclic) bond motifs is 3. The van der Waals surface area contributed by atoms with Crippen LogP contribution in [-0.2, 0) is 9.59 Å². The second-order valence-corrected chi connectivity index (χ2v) is 3.49. The highest BCUT2D eigenvalue weighted by molar-refractivity contribution is 6.52. The highest BCUT2D eigenvalue weighted by Gasteiger charge is 2.22. The summed E-state index contributed by atoms with van der Waals surface area (Å²) in [4.78, 5) is 26.5. The molecule has 0 radical (unpaired) electrons. The van der Waals surface area contributed by atoms with Gasteiger partial charge in [0.1, 0.15) is 0 Å². The van der Waals surface area contributed by atoms with Crippen molar-refractivity contribution in [1.29, 1.82) is 0 Å². The summed E-state index contributed by atoms with van der Waals surface area (Å²) < 4.78 is 0. The second-order valence-electron chi connectivity index (χ2n) is 3.49. The number of anilines is 1. The molecule has 5 heteroatoms. The molecular formula is C11H5N2O3-. The number of rotatable bonds is 0. The van der Waals surface area contributed by atoms with E-state index in [9.17, 15) is 14.8 Å². The molecule has 1 amide bonds. The molecular weight excluding hydrogens is 208 g/mol. The van der Waals surface area contributed by atoms with E-state index in [1.807, 2.05) is 0 Å². The van der Waals surface area contributed by atoms with Crippen molar-refractivity contribution in [2.75, 3.05) is 5.06 Å². The van der Waals surface area contributed by atoms with Gasteiger partial charge in [0, 0.05) is 28.7 Å². The Morgan fingerprint density at radius 2 is 2.06 bits per heavy atom. The fourth-order valence-corrected chi connectivity index (χ4v) is 1.83. The number of Topliss-reactive ketones (excluding diaryl/α,β-unsaturated/α-hetero) is 1. The average Bonchev–Trinajstić information content (AvgIpc) is 2.73. The molecule has 2 aliphatic rings. The zero-order valence-corrected chi connectivity index (χ0v) is 8.01. The number of carbonyl (C=O) groups excluding carboxylic acids is 2. The average molecular weight is 213 g/mol. The summed E-state index contributed by atoms with van der Waals surface area (Å²) in [6.45, 7) is 0. The van der Waals surface area contributed by atoms with E-state index >= 15 is 0 Å². The minimum Gasteiger partial charge on any atom is -0.751 e. The Balaban J connectivity index is 2.45. The zero-order chi connectivity index (χ0) is 11.3. The number of hydrogen-bond acceptors (Lipinski definition) is 4. The van der Waals surface area contributed by atoms with Crippen LogP contribution in [0.25, 0.3) is 12.2 Å². The van der Waals surface area contributed by atoms with Crippen molar-refractivity contribution in [3.63, 3.8) is 0 Å². The van der Waals surface area contributed by atoms with Gasteiger partial charge in [-0.15, -0.1) is 0 Å². The fourth-order valence-electron chi connectivity index (χ4n) is 1.83. The van der Waals surface area contributed by atoms with E-state index in [1.54, 1.807) is 24.4 Å². The Morgan fingerprint density at radius 3 is 2.88 bits per heavy atom. The smallest absolute Gasteiger partial charge is 0.288 e. The Labute approximate surface area is 89.6 Å². The molecule has 16 heavy (non-hydrogen) atoms. The molecule has 0 saturated heterocycles. The van der Waals surface area contributed by atoms with Crippen LogP contribution < -0.4 is 15.6 Å². The molecule has 3 rings (SSSR count). The van der Waals surface area contributed by atoms with Crippen molar-refractivity contribution in [2.45, 2.75) is 0 Å². The van der Waals surface area contributed by atoms with Crippen molar-refractivity contribution in [1.82, 2.24) is 0 Å². The van der Waals surface area contributed by atoms with E-state index in [1.165, 1.54) is 6.08 Å². The van der Waals surface area contributed by atoms with Gasteiger partial charge in [0.2, 0.25) is 5.78 Å². The second kappa shape index (κ2) is 2.86. The molecule has 0 unspecified atom stereocenters. The maximum absolute atomic E-state index is 11.6. The summed E-state index contributed by atoms with van der Waals surface area (Å²) >= 11 is 0. The number of amides is 1. The summed E-state index contributed by atoms with van der Waals surface area (Å²) in [5.74, 6) is -1.84. The molecule has 78 valence electrons. The lowest BCUT2D eigenvalue weighted by molar-refractivity contribution is -0.132. The number of benzene rings is 1. The van der Waals surface area contributed by atoms with E-state index < -0.39 is 11.7 Å². The van der Waals surface area contributed by atoms with Gasteiger partial charge in [-0.1, -0.05) is 6.07 Å². The first kappa shape index (κ1) is 8.99. The summed E-state index contributed by atoms with van der Waals surface area (Å²) in [6.07, 6.45) is 4.38. The molecule has 0 spiro atoms. The van der Waals surface area contributed by atoms with Gasteiger partial charge < -0.3 is 10.3 Å². The van der Waals surface area contributed by atoms with Gasteiger partial charge in [-0.3, -0.25) is 14.6 Å². The Hall–Kier alpha value is -2.27.